The van der Waals surface area contributed by atoms with Crippen LogP contribution in [0.5, 0.6) is 11.5 Å². The number of methoxy groups -OCH3 is 2. The van der Waals surface area contributed by atoms with E-state index in [1.165, 1.54) is 0 Å². The van der Waals surface area contributed by atoms with Gasteiger partial charge < -0.3 is 14.8 Å². The number of anilines is 1. The van der Waals surface area contributed by atoms with Crippen molar-refractivity contribution in [3.8, 4) is 11.5 Å². The predicted octanol–water partition coefficient (Wildman–Crippen LogP) is 4.53. The van der Waals surface area contributed by atoms with Crippen molar-refractivity contribution in [1.29, 1.82) is 0 Å². The Balaban J connectivity index is 2.14. The molecule has 1 unspecified atom stereocenters. The predicted molar refractivity (Wildman–Crippen MR) is 83.0 cm³/mol. The van der Waals surface area contributed by atoms with Gasteiger partial charge in [0, 0.05) is 11.7 Å². The molecular weight excluding hydrogens is 274 g/mol. The molecule has 0 spiro atoms. The van der Waals surface area contributed by atoms with Gasteiger partial charge in [0.2, 0.25) is 0 Å². The van der Waals surface area contributed by atoms with E-state index in [1.54, 1.807) is 14.2 Å². The highest BCUT2D eigenvalue weighted by Crippen LogP contribution is 2.29. The summed E-state index contributed by atoms with van der Waals surface area (Å²) in [4.78, 5) is 0. The summed E-state index contributed by atoms with van der Waals surface area (Å²) in [5, 5.41) is 4.00. The molecule has 20 heavy (non-hydrogen) atoms. The molecule has 0 amide bonds. The largest absolute Gasteiger partial charge is 0.497 e. The maximum absolute atomic E-state index is 6.12. The van der Waals surface area contributed by atoms with Crippen molar-refractivity contribution >= 4 is 17.3 Å². The Morgan fingerprint density at radius 1 is 1.05 bits per heavy atom. The number of nitrogens with one attached hydrogen (secondary N) is 1. The van der Waals surface area contributed by atoms with Crippen molar-refractivity contribution in [2.45, 2.75) is 13.0 Å². The molecule has 0 radical (unpaired) electrons. The Morgan fingerprint density at radius 3 is 2.50 bits per heavy atom. The summed E-state index contributed by atoms with van der Waals surface area (Å²) in [7, 11) is 3.27. The third-order valence-electron chi connectivity index (χ3n) is 3.13. The van der Waals surface area contributed by atoms with Gasteiger partial charge in [-0.1, -0.05) is 23.7 Å². The molecule has 0 aliphatic carbocycles. The number of rotatable bonds is 5. The third-order valence-corrected chi connectivity index (χ3v) is 3.42. The zero-order valence-electron chi connectivity index (χ0n) is 11.8. The molecular formula is C16H18ClNO2. The minimum Gasteiger partial charge on any atom is -0.497 e. The summed E-state index contributed by atoms with van der Waals surface area (Å²) in [5.74, 6) is 1.52. The topological polar surface area (TPSA) is 30.5 Å². The van der Waals surface area contributed by atoms with Gasteiger partial charge in [0.25, 0.3) is 0 Å². The summed E-state index contributed by atoms with van der Waals surface area (Å²) in [6.45, 7) is 2.09. The first-order valence-corrected chi connectivity index (χ1v) is 6.76. The van der Waals surface area contributed by atoms with Gasteiger partial charge in [0.1, 0.15) is 11.5 Å². The highest BCUT2D eigenvalue weighted by Gasteiger charge is 2.08. The first-order chi connectivity index (χ1) is 9.63. The molecule has 2 rings (SSSR count). The first kappa shape index (κ1) is 14.5. The van der Waals surface area contributed by atoms with Crippen molar-refractivity contribution in [2.75, 3.05) is 19.5 Å². The van der Waals surface area contributed by atoms with E-state index in [0.717, 1.165) is 17.0 Å². The molecule has 106 valence electrons. The Labute approximate surface area is 124 Å². The molecule has 0 saturated carbocycles. The van der Waals surface area contributed by atoms with Gasteiger partial charge in [0.05, 0.1) is 19.2 Å². The van der Waals surface area contributed by atoms with E-state index in [1.807, 2.05) is 36.4 Å². The molecule has 0 heterocycles. The molecule has 0 aromatic heterocycles. The molecule has 3 nitrogen and oxygen atoms in total. The van der Waals surface area contributed by atoms with Crippen LogP contribution in [0.2, 0.25) is 5.02 Å². The van der Waals surface area contributed by atoms with Crippen LogP contribution in [0.25, 0.3) is 0 Å². The number of ether oxygens (including phenoxy) is 2. The van der Waals surface area contributed by atoms with Gasteiger partial charge in [-0.05, 0) is 42.8 Å². The van der Waals surface area contributed by atoms with Gasteiger partial charge in [0.15, 0.2) is 0 Å². The standard InChI is InChI=1S/C16H18ClNO2/c1-11(12-5-4-6-14(9-12)19-2)18-13-7-8-16(20-3)15(17)10-13/h4-11,18H,1-3H3. The van der Waals surface area contributed by atoms with Crippen LogP contribution in [0, 0.1) is 0 Å². The van der Waals surface area contributed by atoms with Crippen LogP contribution in [-0.2, 0) is 0 Å². The zero-order chi connectivity index (χ0) is 14.5. The fraction of sp³-hybridized carbons (Fsp3) is 0.250. The second-order valence-electron chi connectivity index (χ2n) is 4.49. The van der Waals surface area contributed by atoms with Gasteiger partial charge in [-0.2, -0.15) is 0 Å². The molecule has 0 aliphatic rings. The Bertz CT molecular complexity index is 586. The molecule has 2 aromatic rings. The lowest BCUT2D eigenvalue weighted by Crippen LogP contribution is -2.06. The van der Waals surface area contributed by atoms with Crippen molar-refractivity contribution < 1.29 is 9.47 Å². The first-order valence-electron chi connectivity index (χ1n) is 6.38. The summed E-state index contributed by atoms with van der Waals surface area (Å²) in [6.07, 6.45) is 0. The lowest BCUT2D eigenvalue weighted by atomic mass is 10.1. The maximum atomic E-state index is 6.12. The third kappa shape index (κ3) is 3.36. The van der Waals surface area contributed by atoms with Gasteiger partial charge in [-0.3, -0.25) is 0 Å². The summed E-state index contributed by atoms with van der Waals surface area (Å²) < 4.78 is 10.4. The van der Waals surface area contributed by atoms with Crippen molar-refractivity contribution in [3.05, 3.63) is 53.1 Å². The van der Waals surface area contributed by atoms with Gasteiger partial charge in [-0.15, -0.1) is 0 Å². The van der Waals surface area contributed by atoms with E-state index >= 15 is 0 Å². The number of hydrogen-bond acceptors (Lipinski definition) is 3. The van der Waals surface area contributed by atoms with Crippen molar-refractivity contribution in [3.63, 3.8) is 0 Å². The van der Waals surface area contributed by atoms with Crippen molar-refractivity contribution in [2.24, 2.45) is 0 Å². The Hall–Kier alpha value is -1.87. The second-order valence-corrected chi connectivity index (χ2v) is 4.90. The fourth-order valence-electron chi connectivity index (χ4n) is 2.00. The summed E-state index contributed by atoms with van der Waals surface area (Å²) in [6, 6.07) is 13.8. The van der Waals surface area contributed by atoms with Crippen LogP contribution in [-0.4, -0.2) is 14.2 Å². The SMILES string of the molecule is COc1cccc(C(C)Nc2ccc(OC)c(Cl)c2)c1. The smallest absolute Gasteiger partial charge is 0.137 e. The molecule has 0 aliphatic heterocycles. The van der Waals surface area contributed by atoms with Gasteiger partial charge >= 0.3 is 0 Å². The van der Waals surface area contributed by atoms with Crippen LogP contribution in [0.1, 0.15) is 18.5 Å². The van der Waals surface area contributed by atoms with E-state index < -0.39 is 0 Å². The van der Waals surface area contributed by atoms with Gasteiger partial charge in [-0.25, -0.2) is 0 Å². The minimum absolute atomic E-state index is 0.148. The minimum atomic E-state index is 0.148. The van der Waals surface area contributed by atoms with Crippen LogP contribution < -0.4 is 14.8 Å². The quantitative estimate of drug-likeness (QED) is 0.878. The van der Waals surface area contributed by atoms with E-state index in [9.17, 15) is 0 Å². The van der Waals surface area contributed by atoms with Crippen LogP contribution >= 0.6 is 11.6 Å². The second kappa shape index (κ2) is 6.53. The molecule has 1 N–H and O–H groups in total. The summed E-state index contributed by atoms with van der Waals surface area (Å²) in [5.41, 5.74) is 2.10. The van der Waals surface area contributed by atoms with Crippen LogP contribution in [0.15, 0.2) is 42.5 Å². The Morgan fingerprint density at radius 2 is 1.85 bits per heavy atom. The van der Waals surface area contributed by atoms with Crippen LogP contribution in [0.4, 0.5) is 5.69 Å². The van der Waals surface area contributed by atoms with Crippen molar-refractivity contribution in [1.82, 2.24) is 0 Å². The van der Waals surface area contributed by atoms with Crippen LogP contribution in [0.3, 0.4) is 0 Å². The average molecular weight is 292 g/mol. The molecule has 2 aromatic carbocycles. The highest BCUT2D eigenvalue weighted by atomic mass is 35.5. The number of benzene rings is 2. The number of hydrogen-bond donors (Lipinski definition) is 1. The zero-order valence-corrected chi connectivity index (χ0v) is 12.6. The van der Waals surface area contributed by atoms with E-state index in [0.29, 0.717) is 10.8 Å². The number of halogens is 1. The molecule has 0 saturated heterocycles. The maximum Gasteiger partial charge on any atom is 0.137 e. The van der Waals surface area contributed by atoms with E-state index in [2.05, 4.69) is 18.3 Å². The van der Waals surface area contributed by atoms with E-state index in [-0.39, 0.29) is 6.04 Å². The summed E-state index contributed by atoms with van der Waals surface area (Å²) >= 11 is 6.12. The molecule has 0 fully saturated rings. The molecule has 4 heteroatoms. The monoisotopic (exact) mass is 291 g/mol. The lowest BCUT2D eigenvalue weighted by molar-refractivity contribution is 0.414. The van der Waals surface area contributed by atoms with E-state index in [4.69, 9.17) is 21.1 Å². The highest BCUT2D eigenvalue weighted by molar-refractivity contribution is 6.32. The fourth-order valence-corrected chi connectivity index (χ4v) is 2.26. The average Bonchev–Trinajstić information content (AvgIpc) is 2.47. The molecule has 0 bridgehead atoms. The molecule has 1 atom stereocenters. The lowest BCUT2D eigenvalue weighted by Gasteiger charge is -2.17. The Kier molecular flexibility index (Phi) is 4.74. The normalized spacial score (nSPS) is 11.8.